The van der Waals surface area contributed by atoms with E-state index in [0.717, 1.165) is 5.56 Å². The molecule has 0 aliphatic carbocycles. The number of carboxylic acid groups (broad SMARTS) is 1. The van der Waals surface area contributed by atoms with E-state index >= 15 is 0 Å². The predicted octanol–water partition coefficient (Wildman–Crippen LogP) is 3.11. The van der Waals surface area contributed by atoms with Crippen molar-refractivity contribution in [2.45, 2.75) is 45.8 Å². The van der Waals surface area contributed by atoms with Gasteiger partial charge in [-0.1, -0.05) is 24.3 Å². The lowest BCUT2D eigenvalue weighted by Crippen LogP contribution is -2.42. The Morgan fingerprint density at radius 3 is 2.12 bits per heavy atom. The molecule has 94 valence electrons. The minimum Gasteiger partial charge on any atom is -0.479 e. The van der Waals surface area contributed by atoms with Gasteiger partial charge >= 0.3 is 5.97 Å². The maximum atomic E-state index is 11.5. The fourth-order valence-corrected chi connectivity index (χ4v) is 1.93. The molecule has 0 heterocycles. The van der Waals surface area contributed by atoms with Gasteiger partial charge < -0.3 is 9.84 Å². The second kappa shape index (κ2) is 4.49. The van der Waals surface area contributed by atoms with Gasteiger partial charge in [0.15, 0.2) is 5.60 Å². The monoisotopic (exact) mass is 236 g/mol. The average Bonchev–Trinajstić information content (AvgIpc) is 2.15. The average molecular weight is 236 g/mol. The maximum absolute atomic E-state index is 11.5. The first-order valence-corrected chi connectivity index (χ1v) is 5.66. The van der Waals surface area contributed by atoms with Gasteiger partial charge in [-0.05, 0) is 45.7 Å². The van der Waals surface area contributed by atoms with E-state index in [1.807, 2.05) is 45.9 Å². The van der Waals surface area contributed by atoms with E-state index in [-0.39, 0.29) is 0 Å². The molecule has 1 rings (SSSR count). The summed E-state index contributed by atoms with van der Waals surface area (Å²) < 4.78 is 5.75. The van der Waals surface area contributed by atoms with Crippen LogP contribution in [0.15, 0.2) is 24.3 Å². The standard InChI is InChI=1S/C14H20O3/c1-10-8-6-7-9-11(10)14(5,12(15)16)17-13(2,3)4/h6-9H,1-5H3,(H,15,16). The zero-order valence-electron chi connectivity index (χ0n) is 11.1. The summed E-state index contributed by atoms with van der Waals surface area (Å²) in [4.78, 5) is 11.5. The van der Waals surface area contributed by atoms with Crippen LogP contribution in [0, 0.1) is 6.92 Å². The summed E-state index contributed by atoms with van der Waals surface area (Å²) in [5.41, 5.74) is -0.219. The predicted molar refractivity (Wildman–Crippen MR) is 67.0 cm³/mol. The molecule has 17 heavy (non-hydrogen) atoms. The lowest BCUT2D eigenvalue weighted by Gasteiger charge is -2.34. The van der Waals surface area contributed by atoms with Crippen molar-refractivity contribution < 1.29 is 14.6 Å². The molecule has 1 aromatic rings. The van der Waals surface area contributed by atoms with E-state index in [2.05, 4.69) is 0 Å². The van der Waals surface area contributed by atoms with E-state index in [4.69, 9.17) is 4.74 Å². The minimum atomic E-state index is -1.32. The third-order valence-electron chi connectivity index (χ3n) is 2.58. The molecular weight excluding hydrogens is 216 g/mol. The summed E-state index contributed by atoms with van der Waals surface area (Å²) in [7, 11) is 0. The highest BCUT2D eigenvalue weighted by atomic mass is 16.5. The van der Waals surface area contributed by atoms with Crippen molar-refractivity contribution in [3.63, 3.8) is 0 Å². The Morgan fingerprint density at radius 1 is 1.18 bits per heavy atom. The molecule has 1 atom stereocenters. The number of hydrogen-bond acceptors (Lipinski definition) is 2. The molecule has 0 bridgehead atoms. The number of hydrogen-bond donors (Lipinski definition) is 1. The first-order valence-electron chi connectivity index (χ1n) is 5.66. The fourth-order valence-electron chi connectivity index (χ4n) is 1.93. The number of aryl methyl sites for hydroxylation is 1. The van der Waals surface area contributed by atoms with Crippen molar-refractivity contribution in [2.24, 2.45) is 0 Å². The number of benzene rings is 1. The van der Waals surface area contributed by atoms with Crippen molar-refractivity contribution in [1.29, 1.82) is 0 Å². The third-order valence-corrected chi connectivity index (χ3v) is 2.58. The van der Waals surface area contributed by atoms with Crippen molar-refractivity contribution >= 4 is 5.97 Å². The molecule has 1 aromatic carbocycles. The molecular formula is C14H20O3. The topological polar surface area (TPSA) is 46.5 Å². The van der Waals surface area contributed by atoms with Gasteiger partial charge in [-0.3, -0.25) is 0 Å². The van der Waals surface area contributed by atoms with Crippen LogP contribution in [0.2, 0.25) is 0 Å². The number of carboxylic acids is 1. The van der Waals surface area contributed by atoms with Crippen molar-refractivity contribution in [2.75, 3.05) is 0 Å². The van der Waals surface area contributed by atoms with Gasteiger partial charge in [-0.25, -0.2) is 4.79 Å². The van der Waals surface area contributed by atoms with Gasteiger partial charge in [-0.15, -0.1) is 0 Å². The first-order chi connectivity index (χ1) is 7.67. The van der Waals surface area contributed by atoms with Gasteiger partial charge in [0.25, 0.3) is 0 Å². The highest BCUT2D eigenvalue weighted by Crippen LogP contribution is 2.32. The molecule has 0 amide bonds. The zero-order valence-corrected chi connectivity index (χ0v) is 11.1. The van der Waals surface area contributed by atoms with Crippen LogP contribution in [0.4, 0.5) is 0 Å². The second-order valence-electron chi connectivity index (χ2n) is 5.37. The van der Waals surface area contributed by atoms with Gasteiger partial charge in [0.1, 0.15) is 0 Å². The van der Waals surface area contributed by atoms with E-state index in [9.17, 15) is 9.90 Å². The van der Waals surface area contributed by atoms with Gasteiger partial charge in [0, 0.05) is 0 Å². The van der Waals surface area contributed by atoms with Gasteiger partial charge in [0.05, 0.1) is 5.60 Å². The molecule has 0 radical (unpaired) electrons. The molecule has 0 saturated carbocycles. The Balaban J connectivity index is 3.27. The van der Waals surface area contributed by atoms with Crippen LogP contribution in [0.1, 0.15) is 38.8 Å². The van der Waals surface area contributed by atoms with Crippen molar-refractivity contribution in [3.05, 3.63) is 35.4 Å². The lowest BCUT2D eigenvalue weighted by atomic mass is 9.91. The molecule has 1 unspecified atom stereocenters. The van der Waals surface area contributed by atoms with Crippen LogP contribution in [0.3, 0.4) is 0 Å². The quantitative estimate of drug-likeness (QED) is 0.877. The lowest BCUT2D eigenvalue weighted by molar-refractivity contribution is -0.183. The first kappa shape index (κ1) is 13.7. The van der Waals surface area contributed by atoms with Crippen molar-refractivity contribution in [1.82, 2.24) is 0 Å². The third kappa shape index (κ3) is 3.07. The van der Waals surface area contributed by atoms with Crippen LogP contribution in [0.5, 0.6) is 0 Å². The van der Waals surface area contributed by atoms with Crippen molar-refractivity contribution in [3.8, 4) is 0 Å². The Labute approximate surface area is 102 Å². The second-order valence-corrected chi connectivity index (χ2v) is 5.37. The number of rotatable bonds is 3. The fraction of sp³-hybridized carbons (Fsp3) is 0.500. The van der Waals surface area contributed by atoms with Crippen LogP contribution in [-0.4, -0.2) is 16.7 Å². The highest BCUT2D eigenvalue weighted by molar-refractivity contribution is 5.79. The van der Waals surface area contributed by atoms with Crippen LogP contribution >= 0.6 is 0 Å². The van der Waals surface area contributed by atoms with Gasteiger partial charge in [0.2, 0.25) is 0 Å². The molecule has 0 fully saturated rings. The largest absolute Gasteiger partial charge is 0.479 e. The maximum Gasteiger partial charge on any atom is 0.340 e. The van der Waals surface area contributed by atoms with Gasteiger partial charge in [-0.2, -0.15) is 0 Å². The summed E-state index contributed by atoms with van der Waals surface area (Å²) >= 11 is 0. The summed E-state index contributed by atoms with van der Waals surface area (Å²) in [5.74, 6) is -0.971. The van der Waals surface area contributed by atoms with Crippen LogP contribution in [0.25, 0.3) is 0 Å². The summed E-state index contributed by atoms with van der Waals surface area (Å²) in [6.45, 7) is 9.05. The summed E-state index contributed by atoms with van der Waals surface area (Å²) in [6, 6.07) is 7.41. The Bertz CT molecular complexity index is 418. The highest BCUT2D eigenvalue weighted by Gasteiger charge is 2.40. The number of aliphatic carboxylic acids is 1. The van der Waals surface area contributed by atoms with E-state index in [1.165, 1.54) is 0 Å². The SMILES string of the molecule is Cc1ccccc1C(C)(OC(C)(C)C)C(=O)O. The number of ether oxygens (including phenoxy) is 1. The molecule has 3 nitrogen and oxygen atoms in total. The molecule has 0 spiro atoms. The zero-order chi connectivity index (χ0) is 13.3. The molecule has 3 heteroatoms. The Kier molecular flexibility index (Phi) is 3.62. The van der Waals surface area contributed by atoms with Crippen LogP contribution in [-0.2, 0) is 15.1 Å². The molecule has 0 aliphatic rings. The molecule has 1 N–H and O–H groups in total. The van der Waals surface area contributed by atoms with Crippen LogP contribution < -0.4 is 0 Å². The normalized spacial score (nSPS) is 15.4. The van der Waals surface area contributed by atoms with E-state index in [0.29, 0.717) is 5.56 Å². The summed E-state index contributed by atoms with van der Waals surface area (Å²) in [5, 5.41) is 9.45. The minimum absolute atomic E-state index is 0.518. The van der Waals surface area contributed by atoms with E-state index < -0.39 is 17.2 Å². The smallest absolute Gasteiger partial charge is 0.340 e. The molecule has 0 saturated heterocycles. The summed E-state index contributed by atoms with van der Waals surface area (Å²) in [6.07, 6.45) is 0. The van der Waals surface area contributed by atoms with E-state index in [1.54, 1.807) is 13.0 Å². The number of carbonyl (C=O) groups is 1. The Hall–Kier alpha value is -1.35. The molecule has 0 aliphatic heterocycles. The molecule has 0 aromatic heterocycles. The Morgan fingerprint density at radius 2 is 1.71 bits per heavy atom.